The van der Waals surface area contributed by atoms with Crippen LogP contribution < -0.4 is 5.32 Å². The molecule has 1 aliphatic heterocycles. The lowest BCUT2D eigenvalue weighted by molar-refractivity contribution is -0.113. The number of hydrogen-bond acceptors (Lipinski definition) is 5. The highest BCUT2D eigenvalue weighted by atomic mass is 35.5. The SMILES string of the molecule is Cc1cc(C)c(NC(=O)CSC2=S(c3ccc(Cl)cc3)C(=O)c3c(sc4c3CCCC4)S2)c(C)c1. The molecule has 1 aliphatic carbocycles. The molecule has 1 aromatic heterocycles. The minimum atomic E-state index is -0.740. The minimum Gasteiger partial charge on any atom is -0.325 e. The number of aryl methyl sites for hydroxylation is 4. The van der Waals surface area contributed by atoms with E-state index in [0.717, 1.165) is 54.3 Å². The number of anilines is 1. The molecule has 0 saturated heterocycles. The van der Waals surface area contributed by atoms with Crippen molar-refractivity contribution < 1.29 is 9.59 Å². The number of benzene rings is 2. The molecule has 8 heteroatoms. The predicted octanol–water partition coefficient (Wildman–Crippen LogP) is 8.24. The number of thiophene rings is 1. The van der Waals surface area contributed by atoms with Crippen molar-refractivity contribution in [2.45, 2.75) is 55.6 Å². The number of nitrogens with one attached hydrogen (secondary N) is 1. The molecule has 0 saturated carbocycles. The van der Waals surface area contributed by atoms with Crippen molar-refractivity contribution >= 4 is 77.2 Å². The predicted molar refractivity (Wildman–Crippen MR) is 155 cm³/mol. The molecule has 1 unspecified atom stereocenters. The Labute approximate surface area is 226 Å². The average molecular weight is 560 g/mol. The lowest BCUT2D eigenvalue weighted by Gasteiger charge is -2.21. The van der Waals surface area contributed by atoms with Gasteiger partial charge in [0.2, 0.25) is 11.0 Å². The van der Waals surface area contributed by atoms with Crippen molar-refractivity contribution in [3.05, 3.63) is 74.1 Å². The number of thioether (sulfide) groups is 2. The standard InChI is InChI=1S/C27H26ClNO2S4/c1-15-12-16(2)24(17(3)13-15)29-22(30)14-32-27-34-26-23(20-6-4-5-7-21(20)33-26)25(31)35(27)19-10-8-18(28)9-11-19/h8-13H,4-7,14H2,1-3H3,(H,29,30). The van der Waals surface area contributed by atoms with Crippen LogP contribution in [0.4, 0.5) is 5.69 Å². The van der Waals surface area contributed by atoms with Gasteiger partial charge in [-0.3, -0.25) is 9.59 Å². The van der Waals surface area contributed by atoms with E-state index in [2.05, 4.69) is 24.4 Å². The van der Waals surface area contributed by atoms with Gasteiger partial charge in [-0.05, 0) is 87.4 Å². The molecule has 0 bridgehead atoms. The zero-order valence-electron chi connectivity index (χ0n) is 19.8. The summed E-state index contributed by atoms with van der Waals surface area (Å²) in [6, 6.07) is 11.8. The number of rotatable bonds is 4. The van der Waals surface area contributed by atoms with Gasteiger partial charge in [0.25, 0.3) is 0 Å². The van der Waals surface area contributed by atoms with Crippen LogP contribution in [-0.2, 0) is 17.6 Å². The van der Waals surface area contributed by atoms with Crippen molar-refractivity contribution in [3.63, 3.8) is 0 Å². The van der Waals surface area contributed by atoms with Gasteiger partial charge >= 0.3 is 0 Å². The molecule has 1 amide bonds. The molecule has 0 fully saturated rings. The molecule has 3 nitrogen and oxygen atoms in total. The Morgan fingerprint density at radius 2 is 1.77 bits per heavy atom. The highest BCUT2D eigenvalue weighted by molar-refractivity contribution is 8.57. The lowest BCUT2D eigenvalue weighted by atomic mass is 9.96. The summed E-state index contributed by atoms with van der Waals surface area (Å²) in [5.41, 5.74) is 6.39. The van der Waals surface area contributed by atoms with Gasteiger partial charge in [-0.2, -0.15) is 0 Å². The van der Waals surface area contributed by atoms with Gasteiger partial charge in [-0.1, -0.05) is 51.5 Å². The molecule has 2 heterocycles. The molecule has 182 valence electrons. The van der Waals surface area contributed by atoms with E-state index in [9.17, 15) is 9.59 Å². The first kappa shape index (κ1) is 25.2. The number of hydrogen-bond donors (Lipinski definition) is 1. The van der Waals surface area contributed by atoms with Gasteiger partial charge < -0.3 is 5.32 Å². The van der Waals surface area contributed by atoms with Crippen LogP contribution in [0.1, 0.15) is 50.3 Å². The summed E-state index contributed by atoms with van der Waals surface area (Å²) >= 11 is 11.1. The summed E-state index contributed by atoms with van der Waals surface area (Å²) in [5.74, 6) is 0.210. The molecule has 2 aliphatic rings. The highest BCUT2D eigenvalue weighted by Crippen LogP contribution is 2.52. The van der Waals surface area contributed by atoms with Gasteiger partial charge in [-0.25, -0.2) is 0 Å². The van der Waals surface area contributed by atoms with Crippen LogP contribution in [0.15, 0.2) is 45.5 Å². The number of halogens is 1. The zero-order chi connectivity index (χ0) is 24.7. The van der Waals surface area contributed by atoms with Gasteiger partial charge in [0, 0.05) is 20.5 Å². The molecule has 2 aromatic carbocycles. The normalized spacial score (nSPS) is 17.2. The van der Waals surface area contributed by atoms with Crippen molar-refractivity contribution in [2.24, 2.45) is 0 Å². The summed E-state index contributed by atoms with van der Waals surface area (Å²) in [6.07, 6.45) is 4.39. The second-order valence-corrected chi connectivity index (χ2v) is 15.3. The molecular formula is C27H26ClNO2S4. The summed E-state index contributed by atoms with van der Waals surface area (Å²) in [6.45, 7) is 6.10. The lowest BCUT2D eigenvalue weighted by Crippen LogP contribution is -2.17. The van der Waals surface area contributed by atoms with Crippen LogP contribution in [0.3, 0.4) is 0 Å². The van der Waals surface area contributed by atoms with E-state index in [-0.39, 0.29) is 16.8 Å². The fourth-order valence-corrected chi connectivity index (χ4v) is 12.2. The van der Waals surface area contributed by atoms with Gasteiger partial charge in [-0.15, -0.1) is 23.1 Å². The number of amides is 1. The zero-order valence-corrected chi connectivity index (χ0v) is 23.8. The van der Waals surface area contributed by atoms with Crippen molar-refractivity contribution in [2.75, 3.05) is 11.1 Å². The average Bonchev–Trinajstić information content (AvgIpc) is 3.19. The topological polar surface area (TPSA) is 46.2 Å². The summed E-state index contributed by atoms with van der Waals surface area (Å²) in [4.78, 5) is 29.2. The Balaban J connectivity index is 1.44. The molecule has 0 radical (unpaired) electrons. The van der Waals surface area contributed by atoms with Crippen LogP contribution in [0.2, 0.25) is 5.02 Å². The Bertz CT molecular complexity index is 1350. The van der Waals surface area contributed by atoms with E-state index < -0.39 is 10.5 Å². The van der Waals surface area contributed by atoms with Crippen LogP contribution in [0.25, 0.3) is 0 Å². The number of carbonyl (C=O) groups is 2. The molecule has 5 rings (SSSR count). The monoisotopic (exact) mass is 559 g/mol. The van der Waals surface area contributed by atoms with Gasteiger partial charge in [0.1, 0.15) is 0 Å². The minimum absolute atomic E-state index is 0.0541. The number of fused-ring (bicyclic) bond motifs is 3. The Hall–Kier alpha value is -1.51. The van der Waals surface area contributed by atoms with Crippen molar-refractivity contribution in [3.8, 4) is 0 Å². The maximum atomic E-state index is 13.9. The quantitative estimate of drug-likeness (QED) is 0.327. The first-order valence-corrected chi connectivity index (χ1v) is 15.8. The molecular weight excluding hydrogens is 534 g/mol. The van der Waals surface area contributed by atoms with Crippen LogP contribution >= 0.6 is 56.9 Å². The van der Waals surface area contributed by atoms with E-state index >= 15 is 0 Å². The third kappa shape index (κ3) is 5.16. The Morgan fingerprint density at radius 1 is 1.09 bits per heavy atom. The van der Waals surface area contributed by atoms with E-state index in [1.165, 1.54) is 34.2 Å². The van der Waals surface area contributed by atoms with Gasteiger partial charge in [0.05, 0.1) is 19.1 Å². The van der Waals surface area contributed by atoms with E-state index in [1.54, 1.807) is 23.1 Å². The second kappa shape index (κ2) is 10.5. The Morgan fingerprint density at radius 3 is 2.49 bits per heavy atom. The maximum Gasteiger partial charge on any atom is 0.234 e. The van der Waals surface area contributed by atoms with Crippen LogP contribution in [-0.4, -0.2) is 20.3 Å². The third-order valence-electron chi connectivity index (χ3n) is 6.18. The van der Waals surface area contributed by atoms with Crippen LogP contribution in [0.5, 0.6) is 0 Å². The molecule has 0 spiro atoms. The summed E-state index contributed by atoms with van der Waals surface area (Å²) in [7, 11) is -0.740. The molecule has 35 heavy (non-hydrogen) atoms. The van der Waals surface area contributed by atoms with Gasteiger partial charge in [0.15, 0.2) is 0 Å². The second-order valence-electron chi connectivity index (χ2n) is 8.88. The first-order valence-electron chi connectivity index (χ1n) is 11.6. The molecule has 3 aromatic rings. The fourth-order valence-electron chi connectivity index (χ4n) is 4.65. The van der Waals surface area contributed by atoms with E-state index in [0.29, 0.717) is 5.02 Å². The summed E-state index contributed by atoms with van der Waals surface area (Å²) < 4.78 is 2.10. The van der Waals surface area contributed by atoms with Crippen molar-refractivity contribution in [1.29, 1.82) is 0 Å². The van der Waals surface area contributed by atoms with Crippen molar-refractivity contribution in [1.82, 2.24) is 0 Å². The van der Waals surface area contributed by atoms with E-state index in [4.69, 9.17) is 11.6 Å². The maximum absolute atomic E-state index is 13.9. The van der Waals surface area contributed by atoms with Crippen LogP contribution in [0, 0.1) is 20.8 Å². The molecule has 1 atom stereocenters. The molecule has 1 N–H and O–H groups in total. The number of carbonyl (C=O) groups excluding carboxylic acids is 2. The smallest absolute Gasteiger partial charge is 0.234 e. The first-order chi connectivity index (χ1) is 16.8. The highest BCUT2D eigenvalue weighted by Gasteiger charge is 2.34. The Kier molecular flexibility index (Phi) is 7.52. The third-order valence-corrected chi connectivity index (χ3v) is 13.1. The largest absolute Gasteiger partial charge is 0.325 e. The fraction of sp³-hybridized carbons (Fsp3) is 0.296. The summed E-state index contributed by atoms with van der Waals surface area (Å²) in [5, 5.41) is 3.94. The van der Waals surface area contributed by atoms with E-state index in [1.807, 2.05) is 38.1 Å².